The van der Waals surface area contributed by atoms with Crippen LogP contribution in [0.2, 0.25) is 0 Å². The van der Waals surface area contributed by atoms with Crippen molar-refractivity contribution in [3.05, 3.63) is 23.4 Å². The number of hydrogen-bond donors (Lipinski definition) is 0. The fourth-order valence-electron chi connectivity index (χ4n) is 3.04. The highest BCUT2D eigenvalue weighted by molar-refractivity contribution is 6.00. The lowest BCUT2D eigenvalue weighted by atomic mass is 9.95. The molecule has 0 bridgehead atoms. The van der Waals surface area contributed by atoms with Crippen molar-refractivity contribution in [3.63, 3.8) is 0 Å². The standard InChI is InChI=1S/C21H32N2O5/c1-14-8-9-16(23(13-14)19(26)28-21(5,6)7)15-10-11-22(17(24)12-15)18(25)27-20(2,3)4/h9,12,14H,8,10-11,13H2,1-7H3. The Hall–Kier alpha value is -2.31. The van der Waals surface area contributed by atoms with Crippen LogP contribution >= 0.6 is 0 Å². The van der Waals surface area contributed by atoms with Gasteiger partial charge in [0.25, 0.3) is 5.91 Å². The minimum atomic E-state index is -0.670. The van der Waals surface area contributed by atoms with E-state index >= 15 is 0 Å². The second kappa shape index (κ2) is 7.97. The van der Waals surface area contributed by atoms with E-state index in [-0.39, 0.29) is 6.54 Å². The van der Waals surface area contributed by atoms with E-state index in [1.807, 2.05) is 26.8 Å². The van der Waals surface area contributed by atoms with Crippen LogP contribution < -0.4 is 0 Å². The summed E-state index contributed by atoms with van der Waals surface area (Å²) in [7, 11) is 0. The summed E-state index contributed by atoms with van der Waals surface area (Å²) in [5.41, 5.74) is 0.163. The molecule has 0 saturated heterocycles. The van der Waals surface area contributed by atoms with Gasteiger partial charge in [-0.15, -0.1) is 0 Å². The third-order valence-electron chi connectivity index (χ3n) is 4.22. The molecule has 0 aliphatic carbocycles. The third kappa shape index (κ3) is 5.84. The van der Waals surface area contributed by atoms with Crippen LogP contribution in [0.1, 0.15) is 61.3 Å². The molecule has 0 saturated carbocycles. The Morgan fingerprint density at radius 3 is 2.04 bits per heavy atom. The lowest BCUT2D eigenvalue weighted by Gasteiger charge is -2.36. The zero-order valence-electron chi connectivity index (χ0n) is 18.0. The second-order valence-electron chi connectivity index (χ2n) is 9.41. The van der Waals surface area contributed by atoms with Crippen LogP contribution in [0.15, 0.2) is 23.4 Å². The normalized spacial score (nSPS) is 21.1. The van der Waals surface area contributed by atoms with Crippen molar-refractivity contribution in [3.8, 4) is 0 Å². The number of ether oxygens (including phenoxy) is 2. The van der Waals surface area contributed by atoms with E-state index in [1.54, 1.807) is 25.7 Å². The molecule has 2 rings (SSSR count). The van der Waals surface area contributed by atoms with Gasteiger partial charge in [-0.1, -0.05) is 13.0 Å². The van der Waals surface area contributed by atoms with Gasteiger partial charge in [0.05, 0.1) is 0 Å². The van der Waals surface area contributed by atoms with Crippen molar-refractivity contribution >= 4 is 18.1 Å². The lowest BCUT2D eigenvalue weighted by Crippen LogP contribution is -2.44. The van der Waals surface area contributed by atoms with Crippen molar-refractivity contribution in [2.45, 2.75) is 72.5 Å². The Kier molecular flexibility index (Phi) is 6.26. The maximum Gasteiger partial charge on any atom is 0.417 e. The van der Waals surface area contributed by atoms with Crippen molar-refractivity contribution < 1.29 is 23.9 Å². The van der Waals surface area contributed by atoms with Crippen LogP contribution in [0.4, 0.5) is 9.59 Å². The summed E-state index contributed by atoms with van der Waals surface area (Å²) in [5, 5.41) is 0. The molecule has 2 heterocycles. The first-order valence-electron chi connectivity index (χ1n) is 9.73. The van der Waals surface area contributed by atoms with Crippen LogP contribution in [0.25, 0.3) is 0 Å². The summed E-state index contributed by atoms with van der Waals surface area (Å²) >= 11 is 0. The highest BCUT2D eigenvalue weighted by Crippen LogP contribution is 2.30. The Labute approximate surface area is 167 Å². The zero-order chi connectivity index (χ0) is 21.3. The molecule has 2 aliphatic rings. The van der Waals surface area contributed by atoms with Crippen molar-refractivity contribution in [1.82, 2.24) is 9.80 Å². The number of imide groups is 1. The minimum absolute atomic E-state index is 0.217. The molecule has 0 aromatic rings. The first kappa shape index (κ1) is 22.0. The summed E-state index contributed by atoms with van der Waals surface area (Å²) in [6.45, 7) is 13.6. The van der Waals surface area contributed by atoms with Gasteiger partial charge in [0.2, 0.25) is 0 Å². The summed E-state index contributed by atoms with van der Waals surface area (Å²) in [4.78, 5) is 40.1. The largest absolute Gasteiger partial charge is 0.443 e. The molecule has 0 aromatic heterocycles. The second-order valence-corrected chi connectivity index (χ2v) is 9.41. The smallest absolute Gasteiger partial charge is 0.417 e. The summed E-state index contributed by atoms with van der Waals surface area (Å²) < 4.78 is 10.8. The fourth-order valence-corrected chi connectivity index (χ4v) is 3.04. The zero-order valence-corrected chi connectivity index (χ0v) is 18.0. The topological polar surface area (TPSA) is 76.2 Å². The Balaban J connectivity index is 2.20. The van der Waals surface area contributed by atoms with Gasteiger partial charge in [0, 0.05) is 24.9 Å². The molecule has 156 valence electrons. The number of rotatable bonds is 1. The maximum atomic E-state index is 12.7. The molecule has 3 amide bonds. The molecule has 0 spiro atoms. The highest BCUT2D eigenvalue weighted by atomic mass is 16.6. The fraction of sp³-hybridized carbons (Fsp3) is 0.667. The van der Waals surface area contributed by atoms with Gasteiger partial charge < -0.3 is 9.47 Å². The number of allylic oxidation sites excluding steroid dienone is 2. The van der Waals surface area contributed by atoms with Gasteiger partial charge in [-0.05, 0) is 65.9 Å². The van der Waals surface area contributed by atoms with E-state index in [4.69, 9.17) is 9.47 Å². The molecule has 7 heteroatoms. The maximum absolute atomic E-state index is 12.7. The summed E-state index contributed by atoms with van der Waals surface area (Å²) in [6.07, 6.45) is 3.60. The molecule has 7 nitrogen and oxygen atoms in total. The van der Waals surface area contributed by atoms with E-state index in [0.29, 0.717) is 24.6 Å². The van der Waals surface area contributed by atoms with Crippen LogP contribution in [0.5, 0.6) is 0 Å². The Bertz CT molecular complexity index is 709. The molecule has 0 aromatic carbocycles. The third-order valence-corrected chi connectivity index (χ3v) is 4.22. The van der Waals surface area contributed by atoms with Gasteiger partial charge in [0.15, 0.2) is 0 Å². The molecular formula is C21H32N2O5. The predicted octanol–water partition coefficient (Wildman–Crippen LogP) is 4.24. The first-order valence-corrected chi connectivity index (χ1v) is 9.73. The number of carbonyl (C=O) groups excluding carboxylic acids is 3. The monoisotopic (exact) mass is 392 g/mol. The first-order chi connectivity index (χ1) is 12.8. The number of amides is 3. The highest BCUT2D eigenvalue weighted by Gasteiger charge is 2.34. The van der Waals surface area contributed by atoms with E-state index in [9.17, 15) is 14.4 Å². The van der Waals surface area contributed by atoms with E-state index in [2.05, 4.69) is 6.92 Å². The van der Waals surface area contributed by atoms with Crippen molar-refractivity contribution in [2.75, 3.05) is 13.1 Å². The molecule has 28 heavy (non-hydrogen) atoms. The van der Waals surface area contributed by atoms with Crippen molar-refractivity contribution in [1.29, 1.82) is 0 Å². The van der Waals surface area contributed by atoms with Crippen LogP contribution in [0, 0.1) is 5.92 Å². The summed E-state index contributed by atoms with van der Waals surface area (Å²) in [6, 6.07) is 0. The molecular weight excluding hydrogens is 360 g/mol. The van der Waals surface area contributed by atoms with Gasteiger partial charge in [0.1, 0.15) is 11.2 Å². The molecule has 2 aliphatic heterocycles. The minimum Gasteiger partial charge on any atom is -0.443 e. The van der Waals surface area contributed by atoms with E-state index in [0.717, 1.165) is 16.9 Å². The summed E-state index contributed by atoms with van der Waals surface area (Å²) in [5.74, 6) is -0.131. The van der Waals surface area contributed by atoms with Gasteiger partial charge in [-0.3, -0.25) is 9.69 Å². The Morgan fingerprint density at radius 2 is 1.54 bits per heavy atom. The molecule has 1 unspecified atom stereocenters. The SMILES string of the molecule is CC1CC=C(C2=CC(=O)N(C(=O)OC(C)(C)C)CC2)N(C(=O)OC(C)(C)C)C1. The Morgan fingerprint density at radius 1 is 1.00 bits per heavy atom. The van der Waals surface area contributed by atoms with Crippen LogP contribution in [-0.2, 0) is 14.3 Å². The lowest BCUT2D eigenvalue weighted by molar-refractivity contribution is -0.125. The van der Waals surface area contributed by atoms with Gasteiger partial charge >= 0.3 is 12.2 Å². The predicted molar refractivity (Wildman–Crippen MR) is 105 cm³/mol. The number of carbonyl (C=O) groups is 3. The molecule has 0 radical (unpaired) electrons. The van der Waals surface area contributed by atoms with Crippen molar-refractivity contribution in [2.24, 2.45) is 5.92 Å². The molecule has 0 N–H and O–H groups in total. The molecule has 0 fully saturated rings. The quantitative estimate of drug-likeness (QED) is 0.667. The average molecular weight is 392 g/mol. The van der Waals surface area contributed by atoms with Gasteiger partial charge in [-0.25, -0.2) is 14.5 Å². The van der Waals surface area contributed by atoms with Crippen LogP contribution in [0.3, 0.4) is 0 Å². The van der Waals surface area contributed by atoms with E-state index in [1.165, 1.54) is 6.08 Å². The number of hydrogen-bond acceptors (Lipinski definition) is 5. The average Bonchev–Trinajstić information content (AvgIpc) is 2.51. The van der Waals surface area contributed by atoms with Gasteiger partial charge in [-0.2, -0.15) is 0 Å². The molecule has 1 atom stereocenters. The van der Waals surface area contributed by atoms with E-state index < -0.39 is 29.3 Å². The van der Waals surface area contributed by atoms with Crippen LogP contribution in [-0.4, -0.2) is 52.2 Å². The number of nitrogens with zero attached hydrogens (tertiary/aromatic N) is 2.